The van der Waals surface area contributed by atoms with Crippen LogP contribution in [0.25, 0.3) is 0 Å². The van der Waals surface area contributed by atoms with Gasteiger partial charge in [-0.05, 0) is 33.9 Å². The largest absolute Gasteiger partial charge is 0.350 e. The highest BCUT2D eigenvalue weighted by Crippen LogP contribution is 2.42. The summed E-state index contributed by atoms with van der Waals surface area (Å²) in [5.41, 5.74) is 0.874. The van der Waals surface area contributed by atoms with Gasteiger partial charge in [0.05, 0.1) is 10.7 Å². The van der Waals surface area contributed by atoms with Gasteiger partial charge < -0.3 is 10.2 Å². The Balaban J connectivity index is 1.93. The fraction of sp³-hybridized carbons (Fsp3) is 0.667. The number of thiazole rings is 1. The molecule has 4 nitrogen and oxygen atoms in total. The molecule has 1 fully saturated rings. The van der Waals surface area contributed by atoms with Crippen LogP contribution in [0, 0.1) is 6.92 Å². The molecule has 1 amide bonds. The lowest BCUT2D eigenvalue weighted by Gasteiger charge is -2.09. The van der Waals surface area contributed by atoms with Gasteiger partial charge in [0.1, 0.15) is 4.88 Å². The molecule has 1 aliphatic carbocycles. The van der Waals surface area contributed by atoms with Gasteiger partial charge in [-0.25, -0.2) is 4.98 Å². The predicted molar refractivity (Wildman–Crippen MR) is 69.7 cm³/mol. The van der Waals surface area contributed by atoms with E-state index in [0.717, 1.165) is 22.1 Å². The maximum Gasteiger partial charge on any atom is 0.263 e. The zero-order valence-electron chi connectivity index (χ0n) is 10.6. The molecule has 1 heterocycles. The number of amides is 1. The molecule has 0 aliphatic heterocycles. The normalized spacial score (nSPS) is 15.3. The first-order chi connectivity index (χ1) is 8.08. The van der Waals surface area contributed by atoms with E-state index in [1.807, 2.05) is 21.0 Å². The summed E-state index contributed by atoms with van der Waals surface area (Å²) in [6, 6.07) is 0. The van der Waals surface area contributed by atoms with Gasteiger partial charge in [-0.3, -0.25) is 4.79 Å². The standard InChI is InChI=1S/C12H19N3OS/c1-8-10(11(16)13-6-7-15(2)3)17-12(14-8)9-4-5-9/h9H,4-7H2,1-3H3,(H,13,16). The monoisotopic (exact) mass is 253 g/mol. The second-order valence-corrected chi connectivity index (χ2v) is 5.83. The summed E-state index contributed by atoms with van der Waals surface area (Å²) < 4.78 is 0. The number of carbonyl (C=O) groups excluding carboxylic acids is 1. The van der Waals surface area contributed by atoms with Crippen molar-refractivity contribution < 1.29 is 4.79 Å². The molecular weight excluding hydrogens is 234 g/mol. The van der Waals surface area contributed by atoms with Gasteiger partial charge in [-0.2, -0.15) is 0 Å². The second kappa shape index (κ2) is 5.14. The van der Waals surface area contributed by atoms with Crippen LogP contribution in [0.15, 0.2) is 0 Å². The van der Waals surface area contributed by atoms with E-state index in [1.54, 1.807) is 11.3 Å². The van der Waals surface area contributed by atoms with Crippen LogP contribution in [0.4, 0.5) is 0 Å². The van der Waals surface area contributed by atoms with Gasteiger partial charge in [0.25, 0.3) is 5.91 Å². The van der Waals surface area contributed by atoms with Gasteiger partial charge >= 0.3 is 0 Å². The van der Waals surface area contributed by atoms with Crippen LogP contribution < -0.4 is 5.32 Å². The lowest BCUT2D eigenvalue weighted by atomic mass is 10.3. The minimum atomic E-state index is 0.0220. The molecule has 0 unspecified atom stereocenters. The maximum atomic E-state index is 11.9. The van der Waals surface area contributed by atoms with Crippen LogP contribution in [0.5, 0.6) is 0 Å². The number of aryl methyl sites for hydroxylation is 1. The number of carbonyl (C=O) groups is 1. The summed E-state index contributed by atoms with van der Waals surface area (Å²) in [7, 11) is 3.99. The molecule has 1 aromatic rings. The number of nitrogens with zero attached hydrogens (tertiary/aromatic N) is 2. The van der Waals surface area contributed by atoms with E-state index in [1.165, 1.54) is 12.8 Å². The Kier molecular flexibility index (Phi) is 3.79. The Hall–Kier alpha value is -0.940. The Morgan fingerprint density at radius 2 is 2.24 bits per heavy atom. The average Bonchev–Trinajstić information content (AvgIpc) is 3.02. The highest BCUT2D eigenvalue weighted by Gasteiger charge is 2.28. The second-order valence-electron chi connectivity index (χ2n) is 4.80. The summed E-state index contributed by atoms with van der Waals surface area (Å²) in [5, 5.41) is 4.07. The first-order valence-corrected chi connectivity index (χ1v) is 6.80. The fourth-order valence-corrected chi connectivity index (χ4v) is 2.76. The predicted octanol–water partition coefficient (Wildman–Crippen LogP) is 1.62. The van der Waals surface area contributed by atoms with Crippen molar-refractivity contribution >= 4 is 17.2 Å². The number of hydrogen-bond acceptors (Lipinski definition) is 4. The van der Waals surface area contributed by atoms with E-state index in [2.05, 4.69) is 15.2 Å². The minimum absolute atomic E-state index is 0.0220. The maximum absolute atomic E-state index is 11.9. The molecule has 1 N–H and O–H groups in total. The van der Waals surface area contributed by atoms with Crippen LogP contribution in [0.3, 0.4) is 0 Å². The first kappa shape index (κ1) is 12.5. The topological polar surface area (TPSA) is 45.2 Å². The highest BCUT2D eigenvalue weighted by molar-refractivity contribution is 7.13. The summed E-state index contributed by atoms with van der Waals surface area (Å²) in [6.45, 7) is 3.46. The van der Waals surface area contributed by atoms with Gasteiger partial charge in [-0.1, -0.05) is 0 Å². The Morgan fingerprint density at radius 1 is 1.53 bits per heavy atom. The smallest absolute Gasteiger partial charge is 0.263 e. The average molecular weight is 253 g/mol. The lowest BCUT2D eigenvalue weighted by molar-refractivity contribution is 0.0954. The number of nitrogens with one attached hydrogen (secondary N) is 1. The summed E-state index contributed by atoms with van der Waals surface area (Å²) in [4.78, 5) is 19.3. The molecule has 0 spiro atoms. The molecule has 94 valence electrons. The van der Waals surface area contributed by atoms with E-state index >= 15 is 0 Å². The highest BCUT2D eigenvalue weighted by atomic mass is 32.1. The van der Waals surface area contributed by atoms with Crippen molar-refractivity contribution in [3.8, 4) is 0 Å². The number of aromatic nitrogens is 1. The zero-order chi connectivity index (χ0) is 12.4. The first-order valence-electron chi connectivity index (χ1n) is 5.98. The zero-order valence-corrected chi connectivity index (χ0v) is 11.4. The van der Waals surface area contributed by atoms with E-state index < -0.39 is 0 Å². The molecule has 17 heavy (non-hydrogen) atoms. The fourth-order valence-electron chi connectivity index (χ4n) is 1.61. The molecule has 0 radical (unpaired) electrons. The number of rotatable bonds is 5. The summed E-state index contributed by atoms with van der Waals surface area (Å²) in [6.07, 6.45) is 2.46. The van der Waals surface area contributed by atoms with E-state index in [4.69, 9.17) is 0 Å². The van der Waals surface area contributed by atoms with Gasteiger partial charge in [-0.15, -0.1) is 11.3 Å². The third-order valence-electron chi connectivity index (χ3n) is 2.79. The molecule has 1 aliphatic rings. The Labute approximate surface area is 106 Å². The minimum Gasteiger partial charge on any atom is -0.350 e. The van der Waals surface area contributed by atoms with Crippen molar-refractivity contribution in [3.63, 3.8) is 0 Å². The quantitative estimate of drug-likeness (QED) is 0.867. The summed E-state index contributed by atoms with van der Waals surface area (Å²) in [5.74, 6) is 0.649. The molecule has 5 heteroatoms. The van der Waals surface area contributed by atoms with Crippen molar-refractivity contribution in [3.05, 3.63) is 15.6 Å². The van der Waals surface area contributed by atoms with Crippen LogP contribution in [-0.4, -0.2) is 43.0 Å². The van der Waals surface area contributed by atoms with Crippen molar-refractivity contribution in [1.29, 1.82) is 0 Å². The molecule has 0 saturated heterocycles. The van der Waals surface area contributed by atoms with Crippen molar-refractivity contribution in [2.75, 3.05) is 27.2 Å². The summed E-state index contributed by atoms with van der Waals surface area (Å²) >= 11 is 1.56. The van der Waals surface area contributed by atoms with E-state index in [9.17, 15) is 4.79 Å². The molecule has 0 aromatic carbocycles. The third-order valence-corrected chi connectivity index (χ3v) is 4.11. The van der Waals surface area contributed by atoms with Gasteiger partial charge in [0.2, 0.25) is 0 Å². The SMILES string of the molecule is Cc1nc(C2CC2)sc1C(=O)NCCN(C)C. The van der Waals surface area contributed by atoms with Crippen LogP contribution >= 0.6 is 11.3 Å². The molecular formula is C12H19N3OS. The van der Waals surface area contributed by atoms with Crippen molar-refractivity contribution in [2.45, 2.75) is 25.7 Å². The van der Waals surface area contributed by atoms with E-state index in [0.29, 0.717) is 12.5 Å². The van der Waals surface area contributed by atoms with Crippen LogP contribution in [0.2, 0.25) is 0 Å². The molecule has 1 saturated carbocycles. The molecule has 0 bridgehead atoms. The van der Waals surface area contributed by atoms with Crippen molar-refractivity contribution in [1.82, 2.24) is 15.2 Å². The molecule has 2 rings (SSSR count). The van der Waals surface area contributed by atoms with Crippen LogP contribution in [0.1, 0.15) is 39.1 Å². The van der Waals surface area contributed by atoms with Crippen LogP contribution in [-0.2, 0) is 0 Å². The number of hydrogen-bond donors (Lipinski definition) is 1. The third kappa shape index (κ3) is 3.26. The molecule has 1 aromatic heterocycles. The number of likely N-dealkylation sites (N-methyl/N-ethyl adjacent to an activating group) is 1. The van der Waals surface area contributed by atoms with Gasteiger partial charge in [0.15, 0.2) is 0 Å². The molecule has 0 atom stereocenters. The lowest BCUT2D eigenvalue weighted by Crippen LogP contribution is -2.31. The van der Waals surface area contributed by atoms with Gasteiger partial charge in [0, 0.05) is 19.0 Å². The Morgan fingerprint density at radius 3 is 2.82 bits per heavy atom. The Bertz CT molecular complexity index is 410. The van der Waals surface area contributed by atoms with Crippen molar-refractivity contribution in [2.24, 2.45) is 0 Å². The van der Waals surface area contributed by atoms with E-state index in [-0.39, 0.29) is 5.91 Å².